The Morgan fingerprint density at radius 1 is 1.31 bits per heavy atom. The van der Waals surface area contributed by atoms with E-state index in [2.05, 4.69) is 35.3 Å². The van der Waals surface area contributed by atoms with Crippen molar-refractivity contribution in [1.29, 1.82) is 0 Å². The van der Waals surface area contributed by atoms with Gasteiger partial charge in [0.2, 0.25) is 5.28 Å². The molecule has 0 saturated heterocycles. The maximum atomic E-state index is 5.82. The molecule has 0 aliphatic rings. The summed E-state index contributed by atoms with van der Waals surface area (Å²) in [6.45, 7) is 6.49. The van der Waals surface area contributed by atoms with Crippen LogP contribution in [0.3, 0.4) is 0 Å². The van der Waals surface area contributed by atoms with Crippen LogP contribution >= 0.6 is 11.6 Å². The van der Waals surface area contributed by atoms with E-state index in [1.54, 1.807) is 0 Å². The summed E-state index contributed by atoms with van der Waals surface area (Å²) in [5.41, 5.74) is 6.60. The largest absolute Gasteiger partial charge is 0.383 e. The van der Waals surface area contributed by atoms with Crippen LogP contribution in [0.4, 0.5) is 5.82 Å². The van der Waals surface area contributed by atoms with Crippen LogP contribution in [0.15, 0.2) is 12.3 Å². The van der Waals surface area contributed by atoms with Crippen molar-refractivity contribution in [3.63, 3.8) is 0 Å². The van der Waals surface area contributed by atoms with Crippen molar-refractivity contribution in [3.05, 3.63) is 17.5 Å². The normalized spacial score (nSPS) is 13.6. The highest BCUT2D eigenvalue weighted by atomic mass is 35.5. The summed E-state index contributed by atoms with van der Waals surface area (Å²) in [5.74, 6) is 0.954. The first-order valence-corrected chi connectivity index (χ1v) is 5.68. The number of aromatic nitrogens is 3. The SMILES string of the molecule is CC(C)C(C)n1ccc2c(N)nc(Cl)nc21. The summed E-state index contributed by atoms with van der Waals surface area (Å²) < 4.78 is 2.09. The van der Waals surface area contributed by atoms with Gasteiger partial charge in [-0.05, 0) is 30.5 Å². The highest BCUT2D eigenvalue weighted by Gasteiger charge is 2.15. The minimum absolute atomic E-state index is 0.195. The molecule has 0 aliphatic carbocycles. The lowest BCUT2D eigenvalue weighted by Crippen LogP contribution is -2.11. The van der Waals surface area contributed by atoms with Crippen molar-refractivity contribution in [1.82, 2.24) is 14.5 Å². The molecule has 0 spiro atoms. The molecule has 2 aromatic rings. The molecule has 2 aromatic heterocycles. The molecule has 0 fully saturated rings. The average Bonchev–Trinajstić information content (AvgIpc) is 2.60. The van der Waals surface area contributed by atoms with Gasteiger partial charge in [-0.15, -0.1) is 0 Å². The van der Waals surface area contributed by atoms with Crippen molar-refractivity contribution in [2.24, 2.45) is 5.92 Å². The van der Waals surface area contributed by atoms with Gasteiger partial charge in [-0.25, -0.2) is 4.98 Å². The molecule has 16 heavy (non-hydrogen) atoms. The fourth-order valence-corrected chi connectivity index (χ4v) is 1.85. The lowest BCUT2D eigenvalue weighted by atomic mass is 10.1. The average molecular weight is 239 g/mol. The van der Waals surface area contributed by atoms with Gasteiger partial charge in [0.25, 0.3) is 0 Å². The lowest BCUT2D eigenvalue weighted by Gasteiger charge is -2.18. The van der Waals surface area contributed by atoms with E-state index in [0.717, 1.165) is 11.0 Å². The van der Waals surface area contributed by atoms with Gasteiger partial charge in [0.05, 0.1) is 5.39 Å². The first-order valence-electron chi connectivity index (χ1n) is 5.30. The molecule has 2 heterocycles. The van der Waals surface area contributed by atoms with Gasteiger partial charge in [0, 0.05) is 12.2 Å². The van der Waals surface area contributed by atoms with E-state index in [0.29, 0.717) is 17.8 Å². The van der Waals surface area contributed by atoms with Gasteiger partial charge in [-0.2, -0.15) is 4.98 Å². The van der Waals surface area contributed by atoms with Crippen molar-refractivity contribution in [2.75, 3.05) is 5.73 Å². The van der Waals surface area contributed by atoms with E-state index in [9.17, 15) is 0 Å². The smallest absolute Gasteiger partial charge is 0.226 e. The molecular weight excluding hydrogens is 224 g/mol. The van der Waals surface area contributed by atoms with Crippen LogP contribution < -0.4 is 5.73 Å². The number of halogens is 1. The predicted octanol–water partition coefficient (Wildman–Crippen LogP) is 2.88. The van der Waals surface area contributed by atoms with Gasteiger partial charge in [-0.3, -0.25) is 0 Å². The van der Waals surface area contributed by atoms with Gasteiger partial charge in [0.15, 0.2) is 0 Å². The first-order chi connectivity index (χ1) is 7.50. The second-order valence-corrected chi connectivity index (χ2v) is 4.66. The molecule has 5 heteroatoms. The predicted molar refractivity (Wildman–Crippen MR) is 66.5 cm³/mol. The quantitative estimate of drug-likeness (QED) is 0.819. The monoisotopic (exact) mass is 238 g/mol. The van der Waals surface area contributed by atoms with Gasteiger partial charge in [-0.1, -0.05) is 13.8 Å². The Balaban J connectivity index is 2.64. The Kier molecular flexibility index (Phi) is 2.76. The summed E-state index contributed by atoms with van der Waals surface area (Å²) in [4.78, 5) is 8.18. The second-order valence-electron chi connectivity index (χ2n) is 4.32. The molecule has 0 saturated carbocycles. The molecular formula is C11H15ClN4. The van der Waals surface area contributed by atoms with Crippen LogP contribution in [0.2, 0.25) is 5.28 Å². The number of fused-ring (bicyclic) bond motifs is 1. The minimum atomic E-state index is 0.195. The maximum absolute atomic E-state index is 5.82. The van der Waals surface area contributed by atoms with E-state index in [4.69, 9.17) is 17.3 Å². The Hall–Kier alpha value is -1.29. The number of hydrogen-bond donors (Lipinski definition) is 1. The molecule has 1 atom stereocenters. The first kappa shape index (κ1) is 11.2. The third-order valence-electron chi connectivity index (χ3n) is 2.98. The van der Waals surface area contributed by atoms with Crippen LogP contribution in [0.1, 0.15) is 26.8 Å². The molecule has 86 valence electrons. The Labute approximate surface area is 99.4 Å². The summed E-state index contributed by atoms with van der Waals surface area (Å²) >= 11 is 5.82. The summed E-state index contributed by atoms with van der Waals surface area (Å²) in [5, 5.41) is 1.05. The zero-order valence-corrected chi connectivity index (χ0v) is 10.4. The highest BCUT2D eigenvalue weighted by Crippen LogP contribution is 2.26. The second kappa shape index (κ2) is 3.94. The number of hydrogen-bond acceptors (Lipinski definition) is 3. The van der Waals surface area contributed by atoms with Crippen LogP contribution in [-0.4, -0.2) is 14.5 Å². The Morgan fingerprint density at radius 3 is 2.62 bits per heavy atom. The van der Waals surface area contributed by atoms with E-state index in [1.165, 1.54) is 0 Å². The van der Waals surface area contributed by atoms with Gasteiger partial charge in [0.1, 0.15) is 11.5 Å². The number of anilines is 1. The summed E-state index contributed by atoms with van der Waals surface area (Å²) in [6, 6.07) is 2.28. The molecule has 2 rings (SSSR count). The van der Waals surface area contributed by atoms with Crippen LogP contribution in [-0.2, 0) is 0 Å². The van der Waals surface area contributed by atoms with Crippen molar-refractivity contribution >= 4 is 28.5 Å². The topological polar surface area (TPSA) is 56.7 Å². The van der Waals surface area contributed by atoms with Crippen molar-refractivity contribution < 1.29 is 0 Å². The maximum Gasteiger partial charge on any atom is 0.226 e. The Bertz CT molecular complexity index is 518. The highest BCUT2D eigenvalue weighted by molar-refractivity contribution is 6.28. The van der Waals surface area contributed by atoms with E-state index in [-0.39, 0.29) is 5.28 Å². The Morgan fingerprint density at radius 2 is 2.00 bits per heavy atom. The number of rotatable bonds is 2. The standard InChI is InChI=1S/C11H15ClN4/c1-6(2)7(3)16-5-4-8-9(13)14-11(12)15-10(8)16/h4-7H,1-3H3,(H2,13,14,15). The van der Waals surface area contributed by atoms with Crippen molar-refractivity contribution in [3.8, 4) is 0 Å². The third kappa shape index (κ3) is 1.73. The summed E-state index contributed by atoms with van der Waals surface area (Å²) in [6.07, 6.45) is 1.98. The fraction of sp³-hybridized carbons (Fsp3) is 0.455. The molecule has 0 aliphatic heterocycles. The van der Waals surface area contributed by atoms with Gasteiger partial charge >= 0.3 is 0 Å². The molecule has 0 amide bonds. The van der Waals surface area contributed by atoms with E-state index in [1.807, 2.05) is 12.3 Å². The van der Waals surface area contributed by atoms with Crippen molar-refractivity contribution in [2.45, 2.75) is 26.8 Å². The van der Waals surface area contributed by atoms with Crippen LogP contribution in [0, 0.1) is 5.92 Å². The third-order valence-corrected chi connectivity index (χ3v) is 3.15. The molecule has 1 unspecified atom stereocenters. The summed E-state index contributed by atoms with van der Waals surface area (Å²) in [7, 11) is 0. The minimum Gasteiger partial charge on any atom is -0.383 e. The molecule has 2 N–H and O–H groups in total. The molecule has 4 nitrogen and oxygen atoms in total. The van der Waals surface area contributed by atoms with E-state index >= 15 is 0 Å². The van der Waals surface area contributed by atoms with Gasteiger partial charge < -0.3 is 10.3 Å². The number of nitrogens with two attached hydrogens (primary N) is 1. The number of nitrogen functional groups attached to an aromatic ring is 1. The van der Waals surface area contributed by atoms with E-state index < -0.39 is 0 Å². The zero-order chi connectivity index (χ0) is 11.9. The molecule has 0 aromatic carbocycles. The zero-order valence-electron chi connectivity index (χ0n) is 9.61. The molecule has 0 radical (unpaired) electrons. The molecule has 0 bridgehead atoms. The number of nitrogens with zero attached hydrogens (tertiary/aromatic N) is 3. The van der Waals surface area contributed by atoms with Crippen LogP contribution in [0.25, 0.3) is 11.0 Å². The van der Waals surface area contributed by atoms with Crippen LogP contribution in [0.5, 0.6) is 0 Å². The lowest BCUT2D eigenvalue weighted by molar-refractivity contribution is 0.417. The fourth-order valence-electron chi connectivity index (χ4n) is 1.68.